The summed E-state index contributed by atoms with van der Waals surface area (Å²) in [5, 5.41) is 3.33. The van der Waals surface area contributed by atoms with Crippen molar-refractivity contribution < 1.29 is 18.7 Å². The molecule has 1 aliphatic heterocycles. The lowest BCUT2D eigenvalue weighted by Crippen LogP contribution is -2.41. The number of amides is 3. The highest BCUT2D eigenvalue weighted by Crippen LogP contribution is 2.36. The predicted octanol–water partition coefficient (Wildman–Crippen LogP) is 4.11. The number of imide groups is 1. The molecule has 2 aromatic rings. The van der Waals surface area contributed by atoms with Gasteiger partial charge < -0.3 is 10.1 Å². The fourth-order valence-electron chi connectivity index (χ4n) is 2.96. The van der Waals surface area contributed by atoms with Crippen LogP contribution in [0.3, 0.4) is 0 Å². The molecule has 0 saturated carbocycles. The molecule has 0 bridgehead atoms. The number of carbonyl (C=O) groups excluding carboxylic acids is 2. The SMILES string of the molecule is COc1ccc(F)cc1CN1C(=O)NC(C)(c2ccc(Cl)cc2Cl)C1=O. The Labute approximate surface area is 159 Å². The Morgan fingerprint density at radius 1 is 1.19 bits per heavy atom. The van der Waals surface area contributed by atoms with Crippen molar-refractivity contribution in [3.63, 3.8) is 0 Å². The monoisotopic (exact) mass is 396 g/mol. The molecule has 1 unspecified atom stereocenters. The van der Waals surface area contributed by atoms with Crippen LogP contribution in [-0.2, 0) is 16.9 Å². The fourth-order valence-corrected chi connectivity index (χ4v) is 3.56. The van der Waals surface area contributed by atoms with Crippen LogP contribution in [-0.4, -0.2) is 23.9 Å². The topological polar surface area (TPSA) is 58.6 Å². The van der Waals surface area contributed by atoms with Gasteiger partial charge in [-0.2, -0.15) is 0 Å². The summed E-state index contributed by atoms with van der Waals surface area (Å²) in [6.45, 7) is 1.43. The molecule has 1 atom stereocenters. The number of nitrogens with one attached hydrogen (secondary N) is 1. The van der Waals surface area contributed by atoms with Gasteiger partial charge in [-0.05, 0) is 37.3 Å². The highest BCUT2D eigenvalue weighted by molar-refractivity contribution is 6.35. The molecule has 3 rings (SSSR count). The largest absolute Gasteiger partial charge is 0.496 e. The molecule has 0 aromatic heterocycles. The quantitative estimate of drug-likeness (QED) is 0.791. The summed E-state index contributed by atoms with van der Waals surface area (Å²) in [5.74, 6) is -0.612. The minimum atomic E-state index is -1.35. The number of ether oxygens (including phenoxy) is 1. The van der Waals surface area contributed by atoms with E-state index in [1.54, 1.807) is 19.1 Å². The van der Waals surface area contributed by atoms with Gasteiger partial charge >= 0.3 is 6.03 Å². The van der Waals surface area contributed by atoms with Crippen molar-refractivity contribution >= 4 is 35.1 Å². The van der Waals surface area contributed by atoms with Crippen LogP contribution in [0.5, 0.6) is 5.75 Å². The fraction of sp³-hybridized carbons (Fsp3) is 0.222. The molecule has 26 heavy (non-hydrogen) atoms. The molecule has 5 nitrogen and oxygen atoms in total. The molecule has 0 spiro atoms. The van der Waals surface area contributed by atoms with Crippen LogP contribution in [0.25, 0.3) is 0 Å². The number of halogens is 3. The van der Waals surface area contributed by atoms with Gasteiger partial charge in [0.05, 0.1) is 13.7 Å². The van der Waals surface area contributed by atoms with E-state index in [1.165, 1.54) is 31.4 Å². The van der Waals surface area contributed by atoms with Crippen LogP contribution >= 0.6 is 23.2 Å². The first-order valence-corrected chi connectivity index (χ1v) is 8.44. The van der Waals surface area contributed by atoms with E-state index in [4.69, 9.17) is 27.9 Å². The summed E-state index contributed by atoms with van der Waals surface area (Å²) >= 11 is 12.1. The maximum Gasteiger partial charge on any atom is 0.325 e. The zero-order chi connectivity index (χ0) is 19.1. The molecule has 8 heteroatoms. The van der Waals surface area contributed by atoms with Gasteiger partial charge in [-0.25, -0.2) is 9.18 Å². The summed E-state index contributed by atoms with van der Waals surface area (Å²) in [4.78, 5) is 26.4. The molecule has 1 aliphatic rings. The third-order valence-electron chi connectivity index (χ3n) is 4.32. The summed E-state index contributed by atoms with van der Waals surface area (Å²) < 4.78 is 18.7. The van der Waals surface area contributed by atoms with Crippen molar-refractivity contribution in [1.29, 1.82) is 0 Å². The van der Waals surface area contributed by atoms with E-state index in [0.29, 0.717) is 21.9 Å². The number of nitrogens with zero attached hydrogens (tertiary/aromatic N) is 1. The van der Waals surface area contributed by atoms with Crippen molar-refractivity contribution in [2.24, 2.45) is 0 Å². The molecule has 1 saturated heterocycles. The van der Waals surface area contributed by atoms with Crippen molar-refractivity contribution in [3.05, 3.63) is 63.4 Å². The maximum atomic E-state index is 13.6. The highest BCUT2D eigenvalue weighted by atomic mass is 35.5. The number of hydrogen-bond acceptors (Lipinski definition) is 3. The van der Waals surface area contributed by atoms with E-state index in [1.807, 2.05) is 0 Å². The Kier molecular flexibility index (Phi) is 4.82. The van der Waals surface area contributed by atoms with Gasteiger partial charge in [-0.1, -0.05) is 29.3 Å². The molecule has 3 amide bonds. The Balaban J connectivity index is 1.96. The molecule has 2 aromatic carbocycles. The smallest absolute Gasteiger partial charge is 0.325 e. The second-order valence-electron chi connectivity index (χ2n) is 6.03. The van der Waals surface area contributed by atoms with Gasteiger partial charge in [-0.3, -0.25) is 9.69 Å². The molecule has 0 radical (unpaired) electrons. The molecule has 1 N–H and O–H groups in total. The van der Waals surface area contributed by atoms with Gasteiger partial charge in [0.2, 0.25) is 0 Å². The van der Waals surface area contributed by atoms with Crippen molar-refractivity contribution in [1.82, 2.24) is 10.2 Å². The number of methoxy groups -OCH3 is 1. The van der Waals surface area contributed by atoms with Crippen LogP contribution in [0.4, 0.5) is 9.18 Å². The summed E-state index contributed by atoms with van der Waals surface area (Å²) in [5.41, 5.74) is -0.544. The van der Waals surface area contributed by atoms with E-state index in [-0.39, 0.29) is 11.6 Å². The number of hydrogen-bond donors (Lipinski definition) is 1. The second kappa shape index (κ2) is 6.78. The van der Waals surface area contributed by atoms with E-state index in [0.717, 1.165) is 4.90 Å². The van der Waals surface area contributed by atoms with Crippen LogP contribution < -0.4 is 10.1 Å². The normalized spacial score (nSPS) is 19.7. The van der Waals surface area contributed by atoms with E-state index < -0.39 is 23.3 Å². The minimum absolute atomic E-state index is 0.133. The molecule has 0 aliphatic carbocycles. The summed E-state index contributed by atoms with van der Waals surface area (Å²) in [6, 6.07) is 7.99. The van der Waals surface area contributed by atoms with Crippen LogP contribution in [0.15, 0.2) is 36.4 Å². The van der Waals surface area contributed by atoms with Crippen molar-refractivity contribution in [2.75, 3.05) is 7.11 Å². The minimum Gasteiger partial charge on any atom is -0.496 e. The van der Waals surface area contributed by atoms with Gasteiger partial charge in [0.1, 0.15) is 17.1 Å². The lowest BCUT2D eigenvalue weighted by molar-refractivity contribution is -0.131. The third kappa shape index (κ3) is 3.10. The summed E-state index contributed by atoms with van der Waals surface area (Å²) in [7, 11) is 1.43. The Morgan fingerprint density at radius 2 is 1.92 bits per heavy atom. The van der Waals surface area contributed by atoms with Crippen LogP contribution in [0.2, 0.25) is 10.0 Å². The Bertz CT molecular complexity index is 906. The van der Waals surface area contributed by atoms with Gasteiger partial charge in [0.15, 0.2) is 0 Å². The average Bonchev–Trinajstić information content (AvgIpc) is 2.79. The molecular formula is C18H15Cl2FN2O3. The maximum absolute atomic E-state index is 13.6. The number of carbonyl (C=O) groups is 2. The predicted molar refractivity (Wildman–Crippen MR) is 95.8 cm³/mol. The third-order valence-corrected chi connectivity index (χ3v) is 4.86. The van der Waals surface area contributed by atoms with Crippen molar-refractivity contribution in [2.45, 2.75) is 19.0 Å². The molecule has 136 valence electrons. The van der Waals surface area contributed by atoms with E-state index in [9.17, 15) is 14.0 Å². The molecule has 1 fully saturated rings. The van der Waals surface area contributed by atoms with Crippen LogP contribution in [0, 0.1) is 5.82 Å². The van der Waals surface area contributed by atoms with E-state index >= 15 is 0 Å². The first-order valence-electron chi connectivity index (χ1n) is 7.68. The lowest BCUT2D eigenvalue weighted by atomic mass is 9.92. The zero-order valence-electron chi connectivity index (χ0n) is 14.0. The van der Waals surface area contributed by atoms with Crippen molar-refractivity contribution in [3.8, 4) is 5.75 Å². The second-order valence-corrected chi connectivity index (χ2v) is 6.87. The Morgan fingerprint density at radius 3 is 2.58 bits per heavy atom. The average molecular weight is 397 g/mol. The lowest BCUT2D eigenvalue weighted by Gasteiger charge is -2.23. The molecular weight excluding hydrogens is 382 g/mol. The molecule has 1 heterocycles. The van der Waals surface area contributed by atoms with Crippen LogP contribution in [0.1, 0.15) is 18.1 Å². The highest BCUT2D eigenvalue weighted by Gasteiger charge is 2.50. The summed E-state index contributed by atoms with van der Waals surface area (Å²) in [6.07, 6.45) is 0. The van der Waals surface area contributed by atoms with Gasteiger partial charge in [0, 0.05) is 21.2 Å². The first-order chi connectivity index (χ1) is 12.3. The van der Waals surface area contributed by atoms with E-state index in [2.05, 4.69) is 5.32 Å². The standard InChI is InChI=1S/C18H15Cl2FN2O3/c1-18(13-5-3-11(19)8-14(13)20)16(24)23(17(25)22-18)9-10-7-12(21)4-6-15(10)26-2/h3-8H,9H2,1-2H3,(H,22,25). The first kappa shape index (κ1) is 18.5. The van der Waals surface area contributed by atoms with Gasteiger partial charge in [0.25, 0.3) is 5.91 Å². The Hall–Kier alpha value is -2.31. The van der Waals surface area contributed by atoms with Gasteiger partial charge in [-0.15, -0.1) is 0 Å². The number of benzene rings is 2. The number of urea groups is 1. The number of rotatable bonds is 4. The zero-order valence-corrected chi connectivity index (χ0v) is 15.5.